The van der Waals surface area contributed by atoms with Crippen molar-refractivity contribution in [3.05, 3.63) is 62.6 Å². The summed E-state index contributed by atoms with van der Waals surface area (Å²) in [6, 6.07) is 9.71. The summed E-state index contributed by atoms with van der Waals surface area (Å²) in [4.78, 5) is 24.2. The predicted octanol–water partition coefficient (Wildman–Crippen LogP) is 5.09. The Morgan fingerprint density at radius 3 is 2.35 bits per heavy atom. The first-order chi connectivity index (χ1) is 12.3. The average molecular weight is 413 g/mol. The van der Waals surface area contributed by atoms with Gasteiger partial charge in [-0.2, -0.15) is 5.10 Å². The number of hydrogen-bond donors (Lipinski definition) is 2. The number of rotatable bonds is 5. The highest BCUT2D eigenvalue weighted by molar-refractivity contribution is 6.36. The van der Waals surface area contributed by atoms with Crippen molar-refractivity contribution >= 4 is 58.0 Å². The Morgan fingerprint density at radius 1 is 1.04 bits per heavy atom. The van der Waals surface area contributed by atoms with Crippen molar-refractivity contribution in [3.63, 3.8) is 0 Å². The van der Waals surface area contributed by atoms with Gasteiger partial charge in [-0.05, 0) is 55.8 Å². The summed E-state index contributed by atoms with van der Waals surface area (Å²) in [6.45, 7) is 3.48. The quantitative estimate of drug-likeness (QED) is 0.530. The lowest BCUT2D eigenvalue weighted by Crippen LogP contribution is -2.22. The van der Waals surface area contributed by atoms with Crippen LogP contribution >= 0.6 is 34.8 Å². The Kier molecular flexibility index (Phi) is 7.03. The Labute approximate surface area is 166 Å². The van der Waals surface area contributed by atoms with E-state index in [0.29, 0.717) is 21.4 Å². The summed E-state index contributed by atoms with van der Waals surface area (Å²) in [5.74, 6) is -0.740. The van der Waals surface area contributed by atoms with Crippen LogP contribution in [0.2, 0.25) is 15.1 Å². The second-order valence-electron chi connectivity index (χ2n) is 5.60. The topological polar surface area (TPSA) is 70.6 Å². The first-order valence-electron chi connectivity index (χ1n) is 7.61. The zero-order valence-corrected chi connectivity index (χ0v) is 16.3. The molecular formula is C18H16Cl3N3O2. The molecule has 2 amide bonds. The number of nitrogens with one attached hydrogen (secondary N) is 2. The molecule has 2 N–H and O–H groups in total. The van der Waals surface area contributed by atoms with Gasteiger partial charge < -0.3 is 5.32 Å². The number of hydrazone groups is 1. The fraction of sp³-hybridized carbons (Fsp3) is 0.167. The van der Waals surface area contributed by atoms with E-state index in [0.717, 1.165) is 5.56 Å². The third kappa shape index (κ3) is 5.73. The maximum Gasteiger partial charge on any atom is 0.272 e. The smallest absolute Gasteiger partial charge is 0.272 e. The maximum absolute atomic E-state index is 12.1. The summed E-state index contributed by atoms with van der Waals surface area (Å²) in [7, 11) is 0. The molecule has 0 heterocycles. The zero-order chi connectivity index (χ0) is 19.3. The molecule has 136 valence electrons. The SMILES string of the molecule is C/C(CC(=O)Nc1ccc(Cl)cc1C)=N/NC(=O)c1ccc(Cl)cc1Cl. The summed E-state index contributed by atoms with van der Waals surface area (Å²) in [5.41, 5.74) is 4.58. The standard InChI is InChI=1S/C18H16Cl3N3O2/c1-10-7-12(19)4-6-16(10)22-17(25)8-11(2)23-24-18(26)14-5-3-13(20)9-15(14)21/h3-7,9H,8H2,1-2H3,(H,22,25)(H,24,26)/b23-11-. The molecule has 0 aliphatic rings. The van der Waals surface area contributed by atoms with E-state index in [1.165, 1.54) is 12.1 Å². The number of benzene rings is 2. The number of aryl methyl sites for hydroxylation is 1. The summed E-state index contributed by atoms with van der Waals surface area (Å²) in [6.07, 6.45) is 0.0245. The van der Waals surface area contributed by atoms with Crippen LogP contribution in [0.1, 0.15) is 29.3 Å². The van der Waals surface area contributed by atoms with Gasteiger partial charge in [-0.25, -0.2) is 5.43 Å². The highest BCUT2D eigenvalue weighted by Gasteiger charge is 2.11. The van der Waals surface area contributed by atoms with Crippen molar-refractivity contribution in [2.75, 3.05) is 5.32 Å². The largest absolute Gasteiger partial charge is 0.326 e. The molecule has 0 saturated heterocycles. The highest BCUT2D eigenvalue weighted by Crippen LogP contribution is 2.21. The van der Waals surface area contributed by atoms with Crippen LogP contribution in [0, 0.1) is 6.92 Å². The fourth-order valence-electron chi connectivity index (χ4n) is 2.11. The van der Waals surface area contributed by atoms with Crippen molar-refractivity contribution in [1.82, 2.24) is 5.43 Å². The molecule has 0 unspecified atom stereocenters. The van der Waals surface area contributed by atoms with Crippen LogP contribution in [0.15, 0.2) is 41.5 Å². The van der Waals surface area contributed by atoms with Gasteiger partial charge in [-0.3, -0.25) is 9.59 Å². The third-order valence-corrected chi connectivity index (χ3v) is 4.19. The molecule has 8 heteroatoms. The van der Waals surface area contributed by atoms with Crippen LogP contribution in [-0.4, -0.2) is 17.5 Å². The monoisotopic (exact) mass is 411 g/mol. The number of halogens is 3. The van der Waals surface area contributed by atoms with Gasteiger partial charge in [0, 0.05) is 21.4 Å². The zero-order valence-electron chi connectivity index (χ0n) is 14.1. The van der Waals surface area contributed by atoms with E-state index in [1.54, 1.807) is 31.2 Å². The first kappa shape index (κ1) is 20.2. The number of hydrogen-bond acceptors (Lipinski definition) is 3. The van der Waals surface area contributed by atoms with Crippen LogP contribution < -0.4 is 10.7 Å². The molecule has 0 radical (unpaired) electrons. The number of nitrogens with zero attached hydrogens (tertiary/aromatic N) is 1. The van der Waals surface area contributed by atoms with Gasteiger partial charge in [0.25, 0.3) is 5.91 Å². The van der Waals surface area contributed by atoms with Gasteiger partial charge in [0.05, 0.1) is 17.0 Å². The van der Waals surface area contributed by atoms with E-state index < -0.39 is 5.91 Å². The fourth-order valence-corrected chi connectivity index (χ4v) is 2.83. The number of amides is 2. The molecule has 0 fully saturated rings. The molecule has 0 spiro atoms. The molecule has 26 heavy (non-hydrogen) atoms. The highest BCUT2D eigenvalue weighted by atomic mass is 35.5. The maximum atomic E-state index is 12.1. The summed E-state index contributed by atoms with van der Waals surface area (Å²) < 4.78 is 0. The van der Waals surface area contributed by atoms with Crippen molar-refractivity contribution < 1.29 is 9.59 Å². The van der Waals surface area contributed by atoms with Crippen LogP contribution in [0.25, 0.3) is 0 Å². The van der Waals surface area contributed by atoms with Gasteiger partial charge in [0.1, 0.15) is 0 Å². The molecule has 0 bridgehead atoms. The minimum atomic E-state index is -0.486. The van der Waals surface area contributed by atoms with Crippen LogP contribution in [0.5, 0.6) is 0 Å². The van der Waals surface area contributed by atoms with Gasteiger partial charge in [-0.15, -0.1) is 0 Å². The van der Waals surface area contributed by atoms with Crippen LogP contribution in [0.3, 0.4) is 0 Å². The van der Waals surface area contributed by atoms with E-state index in [2.05, 4.69) is 15.8 Å². The lowest BCUT2D eigenvalue weighted by molar-refractivity contribution is -0.115. The van der Waals surface area contributed by atoms with Crippen molar-refractivity contribution in [1.29, 1.82) is 0 Å². The first-order valence-corrected chi connectivity index (χ1v) is 8.74. The van der Waals surface area contributed by atoms with Crippen molar-refractivity contribution in [3.8, 4) is 0 Å². The van der Waals surface area contributed by atoms with Gasteiger partial charge in [-0.1, -0.05) is 34.8 Å². The van der Waals surface area contributed by atoms with Gasteiger partial charge >= 0.3 is 0 Å². The summed E-state index contributed by atoms with van der Waals surface area (Å²) >= 11 is 17.7. The lowest BCUT2D eigenvalue weighted by atomic mass is 10.2. The molecule has 0 atom stereocenters. The van der Waals surface area contributed by atoms with E-state index in [1.807, 2.05) is 6.92 Å². The molecule has 0 aliphatic carbocycles. The Bertz CT molecular complexity index is 882. The molecular weight excluding hydrogens is 397 g/mol. The molecule has 2 rings (SSSR count). The Balaban J connectivity index is 1.94. The molecule has 2 aromatic rings. The predicted molar refractivity (Wildman–Crippen MR) is 106 cm³/mol. The van der Waals surface area contributed by atoms with Crippen molar-refractivity contribution in [2.45, 2.75) is 20.3 Å². The van der Waals surface area contributed by atoms with Crippen LogP contribution in [-0.2, 0) is 4.79 Å². The molecule has 5 nitrogen and oxygen atoms in total. The third-order valence-electron chi connectivity index (χ3n) is 3.40. The lowest BCUT2D eigenvalue weighted by Gasteiger charge is -2.09. The van der Waals surface area contributed by atoms with Gasteiger partial charge in [0.15, 0.2) is 0 Å². The van der Waals surface area contributed by atoms with E-state index in [-0.39, 0.29) is 22.9 Å². The average Bonchev–Trinajstić information content (AvgIpc) is 2.55. The minimum Gasteiger partial charge on any atom is -0.326 e. The summed E-state index contributed by atoms with van der Waals surface area (Å²) in [5, 5.41) is 7.95. The second-order valence-corrected chi connectivity index (χ2v) is 6.88. The Morgan fingerprint density at radius 2 is 1.69 bits per heavy atom. The van der Waals surface area contributed by atoms with Crippen LogP contribution in [0.4, 0.5) is 5.69 Å². The van der Waals surface area contributed by atoms with E-state index in [4.69, 9.17) is 34.8 Å². The minimum absolute atomic E-state index is 0.0245. The molecule has 0 aromatic heterocycles. The Hall–Kier alpha value is -2.08. The van der Waals surface area contributed by atoms with Crippen molar-refractivity contribution in [2.24, 2.45) is 5.10 Å². The molecule has 2 aromatic carbocycles. The number of carbonyl (C=O) groups is 2. The molecule has 0 saturated carbocycles. The second kappa shape index (κ2) is 9.03. The van der Waals surface area contributed by atoms with Gasteiger partial charge in [0.2, 0.25) is 5.91 Å². The van der Waals surface area contributed by atoms with E-state index in [9.17, 15) is 9.59 Å². The normalized spacial score (nSPS) is 11.2. The number of anilines is 1. The van der Waals surface area contributed by atoms with E-state index >= 15 is 0 Å². The number of carbonyl (C=O) groups excluding carboxylic acids is 2. The molecule has 0 aliphatic heterocycles.